The molecular weight excluding hydrogens is 414 g/mol. The maximum Gasteiger partial charge on any atom is 0.430 e. The summed E-state index contributed by atoms with van der Waals surface area (Å²) in [4.78, 5) is 12.6. The van der Waals surface area contributed by atoms with Gasteiger partial charge >= 0.3 is 14.8 Å². The number of carbonyl (C=O) groups is 1. The lowest BCUT2D eigenvalue weighted by atomic mass is 10.2. The van der Waals surface area contributed by atoms with E-state index in [-0.39, 0.29) is 12.6 Å². The van der Waals surface area contributed by atoms with Gasteiger partial charge in [0.25, 0.3) is 0 Å². The van der Waals surface area contributed by atoms with Crippen molar-refractivity contribution in [1.29, 1.82) is 0 Å². The molecule has 0 saturated heterocycles. The maximum atomic E-state index is 13.1. The summed E-state index contributed by atoms with van der Waals surface area (Å²) in [7, 11) is -1.93. The Morgan fingerprint density at radius 3 is 2.73 bits per heavy atom. The Balaban J connectivity index is 1.95. The number of aryl methyl sites for hydroxylation is 1. The van der Waals surface area contributed by atoms with Crippen molar-refractivity contribution in [3.8, 4) is 5.75 Å². The second-order valence-electron chi connectivity index (χ2n) is 7.34. The zero-order valence-electron chi connectivity index (χ0n) is 18.5. The summed E-state index contributed by atoms with van der Waals surface area (Å²) in [5.41, 5.74) is 0.980. The number of ether oxygens (including phenoxy) is 2. The monoisotopic (exact) mass is 447 g/mol. The number of allylic oxidation sites excluding steroid dienone is 4. The van der Waals surface area contributed by atoms with E-state index in [1.165, 1.54) is 0 Å². The largest absolute Gasteiger partial charge is 0.482 e. The van der Waals surface area contributed by atoms with Crippen LogP contribution in [0, 0.1) is 6.92 Å². The summed E-state index contributed by atoms with van der Waals surface area (Å²) >= 11 is 1.77. The third kappa shape index (κ3) is 7.76. The van der Waals surface area contributed by atoms with Crippen molar-refractivity contribution in [3.05, 3.63) is 47.2 Å². The smallest absolute Gasteiger partial charge is 0.430 e. The van der Waals surface area contributed by atoms with Crippen LogP contribution in [-0.2, 0) is 14.0 Å². The zero-order valence-corrected chi connectivity index (χ0v) is 20.3. The van der Waals surface area contributed by atoms with Gasteiger partial charge < -0.3 is 18.5 Å². The van der Waals surface area contributed by atoms with E-state index in [1.54, 1.807) is 18.7 Å². The molecule has 5 nitrogen and oxygen atoms in total. The first kappa shape index (κ1) is 24.4. The minimum absolute atomic E-state index is 0.0812. The molecule has 1 aromatic rings. The van der Waals surface area contributed by atoms with Crippen LogP contribution in [0.4, 0.5) is 0 Å². The van der Waals surface area contributed by atoms with Crippen LogP contribution in [0.1, 0.15) is 45.6 Å². The molecule has 0 saturated carbocycles. The van der Waals surface area contributed by atoms with Gasteiger partial charge in [-0.15, -0.1) is 11.8 Å². The minimum atomic E-state index is -1.93. The molecule has 0 unspecified atom stereocenters. The van der Waals surface area contributed by atoms with Crippen molar-refractivity contribution in [2.75, 3.05) is 26.3 Å². The molecule has 0 aliphatic heterocycles. The van der Waals surface area contributed by atoms with Crippen molar-refractivity contribution in [2.24, 2.45) is 0 Å². The molecule has 30 heavy (non-hydrogen) atoms. The first-order chi connectivity index (χ1) is 14.4. The van der Waals surface area contributed by atoms with Gasteiger partial charge in [0.15, 0.2) is 6.61 Å². The van der Waals surface area contributed by atoms with Crippen LogP contribution in [0.25, 0.3) is 0 Å². The molecule has 0 bridgehead atoms. The molecule has 0 aromatic heterocycles. The lowest BCUT2D eigenvalue weighted by Crippen LogP contribution is -2.39. The highest BCUT2D eigenvalue weighted by Gasteiger charge is 2.22. The summed E-state index contributed by atoms with van der Waals surface area (Å²) in [6.07, 6.45) is 9.28. The number of thioether (sulfide) groups is 1. The molecule has 0 radical (unpaired) electrons. The topological polar surface area (TPSA) is 55.8 Å². The Morgan fingerprint density at radius 1 is 1.30 bits per heavy atom. The summed E-state index contributed by atoms with van der Waals surface area (Å²) in [6.45, 7) is 9.94. The second kappa shape index (κ2) is 12.7. The van der Waals surface area contributed by atoms with Crippen LogP contribution < -0.4 is 4.74 Å². The maximum absolute atomic E-state index is 13.1. The third-order valence-corrected chi connectivity index (χ3v) is 7.56. The van der Waals surface area contributed by atoms with Crippen LogP contribution >= 0.6 is 11.8 Å². The molecule has 2 rings (SSSR count). The van der Waals surface area contributed by atoms with Crippen LogP contribution in [0.15, 0.2) is 46.5 Å². The average molecular weight is 448 g/mol. The number of rotatable bonds is 12. The standard InChI is InChI=1S/C23H33NO4SSi/c1-5-14-24(30(26)21-10-8-7-9-11-21)16-19(4)29-20-12-13-22(18(3)15-20)28-17-23(25)27-6-2/h8,10-13,15,19H,5-7,9,14,16-17H2,1-4H3/t19-/m1/s1. The molecule has 1 atom stereocenters. The van der Waals surface area contributed by atoms with Crippen molar-refractivity contribution in [2.45, 2.75) is 57.1 Å². The molecule has 7 heteroatoms. The van der Waals surface area contributed by atoms with E-state index < -0.39 is 8.84 Å². The lowest BCUT2D eigenvalue weighted by molar-refractivity contribution is -0.145. The van der Waals surface area contributed by atoms with Crippen molar-refractivity contribution in [1.82, 2.24) is 4.57 Å². The lowest BCUT2D eigenvalue weighted by Gasteiger charge is -2.26. The van der Waals surface area contributed by atoms with Gasteiger partial charge in [-0.2, -0.15) is 0 Å². The average Bonchev–Trinajstić information content (AvgIpc) is 2.73. The van der Waals surface area contributed by atoms with Crippen LogP contribution in [0.2, 0.25) is 0 Å². The molecule has 0 spiro atoms. The third-order valence-electron chi connectivity index (χ3n) is 4.63. The molecule has 164 valence electrons. The van der Waals surface area contributed by atoms with Crippen molar-refractivity contribution in [3.63, 3.8) is 0 Å². The molecule has 0 N–H and O–H groups in total. The van der Waals surface area contributed by atoms with E-state index in [0.717, 1.165) is 48.0 Å². The van der Waals surface area contributed by atoms with Gasteiger partial charge in [-0.05, 0) is 56.9 Å². The van der Waals surface area contributed by atoms with Gasteiger partial charge in [0, 0.05) is 28.4 Å². The Bertz CT molecular complexity index is 793. The number of hydrogen-bond acceptors (Lipinski definition) is 5. The summed E-state index contributed by atoms with van der Waals surface area (Å²) in [5, 5.41) is 1.29. The molecule has 1 aromatic carbocycles. The normalized spacial score (nSPS) is 14.1. The quantitative estimate of drug-likeness (QED) is 0.259. The van der Waals surface area contributed by atoms with Gasteiger partial charge in [0.1, 0.15) is 5.75 Å². The van der Waals surface area contributed by atoms with E-state index >= 15 is 0 Å². The van der Waals surface area contributed by atoms with E-state index in [2.05, 4.69) is 36.6 Å². The fourth-order valence-corrected chi connectivity index (χ4v) is 6.33. The summed E-state index contributed by atoms with van der Waals surface area (Å²) < 4.78 is 25.7. The zero-order chi connectivity index (χ0) is 21.9. The summed E-state index contributed by atoms with van der Waals surface area (Å²) in [6, 6.07) is 5.98. The Morgan fingerprint density at radius 2 is 2.10 bits per heavy atom. The molecule has 1 aliphatic carbocycles. The highest BCUT2D eigenvalue weighted by molar-refractivity contribution is 8.00. The first-order valence-electron chi connectivity index (χ1n) is 10.7. The van der Waals surface area contributed by atoms with Gasteiger partial charge in [-0.25, -0.2) is 4.79 Å². The van der Waals surface area contributed by atoms with E-state index in [9.17, 15) is 9.26 Å². The van der Waals surface area contributed by atoms with Gasteiger partial charge in [-0.3, -0.25) is 0 Å². The Hall–Kier alpha value is -1.86. The van der Waals surface area contributed by atoms with E-state index in [4.69, 9.17) is 9.47 Å². The Kier molecular flexibility index (Phi) is 10.4. The number of carbonyl (C=O) groups excluding carboxylic acids is 1. The van der Waals surface area contributed by atoms with Gasteiger partial charge in [0.2, 0.25) is 0 Å². The second-order valence-corrected chi connectivity index (χ2v) is 10.7. The SMILES string of the molecule is CCCN(C[C@@H](C)Sc1ccc(OCC(=O)OCC)c(C)c1)[Si](=O)C1=CCCC=C1. The van der Waals surface area contributed by atoms with Crippen LogP contribution in [0.3, 0.4) is 0 Å². The number of nitrogens with zero attached hydrogens (tertiary/aromatic N) is 1. The molecular formula is C23H33NO4SSi. The Labute approximate surface area is 186 Å². The highest BCUT2D eigenvalue weighted by Crippen LogP contribution is 2.29. The number of hydrogen-bond donors (Lipinski definition) is 0. The minimum Gasteiger partial charge on any atom is -0.482 e. The first-order valence-corrected chi connectivity index (χ1v) is 12.9. The summed E-state index contributed by atoms with van der Waals surface area (Å²) in [5.74, 6) is 0.326. The van der Waals surface area contributed by atoms with Gasteiger partial charge in [-0.1, -0.05) is 32.1 Å². The predicted octanol–water partition coefficient (Wildman–Crippen LogP) is 4.86. The molecule has 1 aliphatic rings. The van der Waals surface area contributed by atoms with Crippen molar-refractivity contribution >= 4 is 26.6 Å². The molecule has 0 amide bonds. The van der Waals surface area contributed by atoms with E-state index in [1.807, 2.05) is 25.1 Å². The van der Waals surface area contributed by atoms with Crippen LogP contribution in [-0.4, -0.2) is 50.9 Å². The van der Waals surface area contributed by atoms with Crippen LogP contribution in [0.5, 0.6) is 5.75 Å². The molecule has 0 fully saturated rings. The number of benzene rings is 1. The molecule has 0 heterocycles. The predicted molar refractivity (Wildman–Crippen MR) is 123 cm³/mol. The van der Waals surface area contributed by atoms with Crippen molar-refractivity contribution < 1.29 is 18.7 Å². The van der Waals surface area contributed by atoms with Gasteiger partial charge in [0.05, 0.1) is 6.61 Å². The fourth-order valence-electron chi connectivity index (χ4n) is 3.28. The van der Waals surface area contributed by atoms with E-state index in [0.29, 0.717) is 17.6 Å². The highest BCUT2D eigenvalue weighted by atomic mass is 32.2. The fraction of sp³-hybridized carbons (Fsp3) is 0.522. The number of esters is 1.